The molecule has 0 aromatic heterocycles. The summed E-state index contributed by atoms with van der Waals surface area (Å²) in [6, 6.07) is 5.67. The number of carboxylic acid groups (broad SMARTS) is 1. The zero-order chi connectivity index (χ0) is 13.5. The molecule has 1 aromatic rings. The van der Waals surface area contributed by atoms with E-state index in [9.17, 15) is 9.59 Å². The summed E-state index contributed by atoms with van der Waals surface area (Å²) in [4.78, 5) is 23.2. The van der Waals surface area contributed by atoms with Gasteiger partial charge in [0.15, 0.2) is 5.78 Å². The van der Waals surface area contributed by atoms with Gasteiger partial charge in [0, 0.05) is 16.5 Å². The van der Waals surface area contributed by atoms with E-state index in [1.807, 2.05) is 19.1 Å². The number of aliphatic carboxylic acids is 1. The standard InChI is InChI=1S/C14H16O3S/c1-3-8-18-13-6-4-10(2)9-11(13)12(15)5-7-14(16)17/h4-7,9H,3,8H2,1-2H3,(H,16,17)/b7-5+. The number of thioether (sulfide) groups is 1. The van der Waals surface area contributed by atoms with Crippen LogP contribution in [0.5, 0.6) is 0 Å². The smallest absolute Gasteiger partial charge is 0.328 e. The Hall–Kier alpha value is -1.55. The fourth-order valence-corrected chi connectivity index (χ4v) is 2.31. The Bertz CT molecular complexity index is 478. The fraction of sp³-hybridized carbons (Fsp3) is 0.286. The first kappa shape index (κ1) is 14.5. The van der Waals surface area contributed by atoms with Gasteiger partial charge in [-0.1, -0.05) is 18.6 Å². The molecule has 1 aromatic carbocycles. The lowest BCUT2D eigenvalue weighted by Crippen LogP contribution is -2.00. The van der Waals surface area contributed by atoms with Crippen molar-refractivity contribution < 1.29 is 14.7 Å². The topological polar surface area (TPSA) is 54.4 Å². The number of rotatable bonds is 6. The maximum atomic E-state index is 11.9. The monoisotopic (exact) mass is 264 g/mol. The molecule has 0 bridgehead atoms. The minimum Gasteiger partial charge on any atom is -0.478 e. The predicted octanol–water partition coefficient (Wildman–Crippen LogP) is 3.32. The lowest BCUT2D eigenvalue weighted by Gasteiger charge is -2.07. The van der Waals surface area contributed by atoms with Crippen LogP contribution in [0.3, 0.4) is 0 Å². The number of carboxylic acids is 1. The van der Waals surface area contributed by atoms with Crippen molar-refractivity contribution >= 4 is 23.5 Å². The average Bonchev–Trinajstić information content (AvgIpc) is 2.34. The molecule has 18 heavy (non-hydrogen) atoms. The number of carbonyl (C=O) groups excluding carboxylic acids is 1. The first-order chi connectivity index (χ1) is 8.54. The Morgan fingerprint density at radius 3 is 2.67 bits per heavy atom. The third-order valence-corrected chi connectivity index (χ3v) is 3.52. The van der Waals surface area contributed by atoms with Crippen LogP contribution in [0.2, 0.25) is 0 Å². The van der Waals surface area contributed by atoms with Crippen LogP contribution in [0.4, 0.5) is 0 Å². The summed E-state index contributed by atoms with van der Waals surface area (Å²) < 4.78 is 0. The Labute approximate surface area is 111 Å². The van der Waals surface area contributed by atoms with Crippen LogP contribution >= 0.6 is 11.8 Å². The molecule has 0 aliphatic rings. The van der Waals surface area contributed by atoms with E-state index in [4.69, 9.17) is 5.11 Å². The molecule has 3 nitrogen and oxygen atoms in total. The SMILES string of the molecule is CCCSc1ccc(C)cc1C(=O)/C=C/C(=O)O. The summed E-state index contributed by atoms with van der Waals surface area (Å²) in [6.45, 7) is 3.99. The third kappa shape index (κ3) is 4.37. The van der Waals surface area contributed by atoms with Gasteiger partial charge in [-0.2, -0.15) is 0 Å². The second-order valence-corrected chi connectivity index (χ2v) is 5.02. The highest BCUT2D eigenvalue weighted by Gasteiger charge is 2.09. The molecule has 96 valence electrons. The molecular weight excluding hydrogens is 248 g/mol. The Morgan fingerprint density at radius 2 is 2.06 bits per heavy atom. The van der Waals surface area contributed by atoms with Crippen molar-refractivity contribution in [1.82, 2.24) is 0 Å². The van der Waals surface area contributed by atoms with Gasteiger partial charge in [0.2, 0.25) is 0 Å². The first-order valence-electron chi connectivity index (χ1n) is 5.73. The number of carbonyl (C=O) groups is 2. The summed E-state index contributed by atoms with van der Waals surface area (Å²) in [5.74, 6) is -0.440. The Morgan fingerprint density at radius 1 is 1.33 bits per heavy atom. The first-order valence-corrected chi connectivity index (χ1v) is 6.72. The van der Waals surface area contributed by atoms with Crippen LogP contribution in [0.1, 0.15) is 29.3 Å². The van der Waals surface area contributed by atoms with Crippen molar-refractivity contribution in [3.63, 3.8) is 0 Å². The molecule has 0 saturated heterocycles. The number of benzene rings is 1. The van der Waals surface area contributed by atoms with Gasteiger partial charge < -0.3 is 5.11 Å². The van der Waals surface area contributed by atoms with Crippen molar-refractivity contribution in [3.05, 3.63) is 41.5 Å². The number of hydrogen-bond donors (Lipinski definition) is 1. The molecular formula is C14H16O3S. The van der Waals surface area contributed by atoms with Crippen LogP contribution in [0.25, 0.3) is 0 Å². The van der Waals surface area contributed by atoms with Gasteiger partial charge in [-0.15, -0.1) is 11.8 Å². The molecule has 0 atom stereocenters. The highest BCUT2D eigenvalue weighted by molar-refractivity contribution is 7.99. The predicted molar refractivity (Wildman–Crippen MR) is 73.3 cm³/mol. The third-order valence-electron chi connectivity index (χ3n) is 2.24. The van der Waals surface area contributed by atoms with E-state index in [2.05, 4.69) is 6.92 Å². The van der Waals surface area contributed by atoms with Crippen LogP contribution in [0, 0.1) is 6.92 Å². The molecule has 0 aliphatic heterocycles. The summed E-state index contributed by atoms with van der Waals surface area (Å²) in [5.41, 5.74) is 1.56. The normalized spacial score (nSPS) is 10.8. The highest BCUT2D eigenvalue weighted by Crippen LogP contribution is 2.25. The van der Waals surface area contributed by atoms with Gasteiger partial charge >= 0.3 is 5.97 Å². The Kier molecular flexibility index (Phi) is 5.65. The molecule has 0 fully saturated rings. The maximum Gasteiger partial charge on any atom is 0.328 e. The number of allylic oxidation sites excluding steroid dienone is 1. The maximum absolute atomic E-state index is 11.9. The number of aryl methyl sites for hydroxylation is 1. The van der Waals surface area contributed by atoms with E-state index in [0.29, 0.717) is 5.56 Å². The zero-order valence-electron chi connectivity index (χ0n) is 10.5. The van der Waals surface area contributed by atoms with Gasteiger partial charge in [-0.3, -0.25) is 4.79 Å². The van der Waals surface area contributed by atoms with Crippen LogP contribution in [0.15, 0.2) is 35.2 Å². The van der Waals surface area contributed by atoms with Crippen molar-refractivity contribution in [2.75, 3.05) is 5.75 Å². The minimum absolute atomic E-state index is 0.264. The fourth-order valence-electron chi connectivity index (χ4n) is 1.41. The molecule has 0 aliphatic carbocycles. The van der Waals surface area contributed by atoms with E-state index in [0.717, 1.165) is 34.8 Å². The zero-order valence-corrected chi connectivity index (χ0v) is 11.3. The summed E-state index contributed by atoms with van der Waals surface area (Å²) in [5, 5.41) is 8.53. The molecule has 1 N–H and O–H groups in total. The van der Waals surface area contributed by atoms with E-state index in [1.165, 1.54) is 0 Å². The largest absolute Gasteiger partial charge is 0.478 e. The average molecular weight is 264 g/mol. The number of ketones is 1. The molecule has 4 heteroatoms. The molecule has 0 amide bonds. The molecule has 0 unspecified atom stereocenters. The summed E-state index contributed by atoms with van der Waals surface area (Å²) >= 11 is 1.62. The van der Waals surface area contributed by atoms with E-state index in [-0.39, 0.29) is 5.78 Å². The van der Waals surface area contributed by atoms with Crippen LogP contribution in [-0.4, -0.2) is 22.6 Å². The van der Waals surface area contributed by atoms with Crippen molar-refractivity contribution in [3.8, 4) is 0 Å². The molecule has 0 spiro atoms. The van der Waals surface area contributed by atoms with Gasteiger partial charge in [0.25, 0.3) is 0 Å². The molecule has 1 rings (SSSR count). The quantitative estimate of drug-likeness (QED) is 0.486. The molecule has 0 saturated carbocycles. The summed E-state index contributed by atoms with van der Waals surface area (Å²) in [6.07, 6.45) is 3.00. The van der Waals surface area contributed by atoms with Crippen LogP contribution < -0.4 is 0 Å². The van der Waals surface area contributed by atoms with Gasteiger partial charge in [-0.05, 0) is 37.3 Å². The van der Waals surface area contributed by atoms with Gasteiger partial charge in [0.1, 0.15) is 0 Å². The lowest BCUT2D eigenvalue weighted by molar-refractivity contribution is -0.131. The lowest BCUT2D eigenvalue weighted by atomic mass is 10.1. The second kappa shape index (κ2) is 7.01. The second-order valence-electron chi connectivity index (χ2n) is 3.88. The van der Waals surface area contributed by atoms with Crippen molar-refractivity contribution in [2.45, 2.75) is 25.2 Å². The molecule has 0 heterocycles. The minimum atomic E-state index is -1.11. The summed E-state index contributed by atoms with van der Waals surface area (Å²) in [7, 11) is 0. The highest BCUT2D eigenvalue weighted by atomic mass is 32.2. The van der Waals surface area contributed by atoms with E-state index in [1.54, 1.807) is 17.8 Å². The Balaban J connectivity index is 3.00. The van der Waals surface area contributed by atoms with Gasteiger partial charge in [-0.25, -0.2) is 4.79 Å². The van der Waals surface area contributed by atoms with Gasteiger partial charge in [0.05, 0.1) is 0 Å². The van der Waals surface area contributed by atoms with Crippen molar-refractivity contribution in [1.29, 1.82) is 0 Å². The molecule has 0 radical (unpaired) electrons. The van der Waals surface area contributed by atoms with E-state index >= 15 is 0 Å². The van der Waals surface area contributed by atoms with Crippen molar-refractivity contribution in [2.24, 2.45) is 0 Å². The number of hydrogen-bond acceptors (Lipinski definition) is 3. The van der Waals surface area contributed by atoms with E-state index < -0.39 is 5.97 Å². The van der Waals surface area contributed by atoms with Crippen LogP contribution in [-0.2, 0) is 4.79 Å².